The molecule has 82 valence electrons. The average Bonchev–Trinajstić information content (AvgIpc) is 2.48. The second kappa shape index (κ2) is 3.66. The van der Waals surface area contributed by atoms with Gasteiger partial charge in [0.25, 0.3) is 0 Å². The molecular weight excluding hydrogens is 192 g/mol. The number of hydrogen-bond donors (Lipinski definition) is 2. The van der Waals surface area contributed by atoms with E-state index in [1.54, 1.807) is 17.1 Å². The van der Waals surface area contributed by atoms with E-state index in [1.807, 2.05) is 7.05 Å². The molecule has 5 nitrogen and oxygen atoms in total. The molecule has 0 aliphatic heterocycles. The van der Waals surface area contributed by atoms with Crippen molar-refractivity contribution in [2.75, 3.05) is 5.32 Å². The van der Waals surface area contributed by atoms with Gasteiger partial charge in [0.05, 0.1) is 11.9 Å². The first-order valence-corrected chi connectivity index (χ1v) is 5.15. The summed E-state index contributed by atoms with van der Waals surface area (Å²) in [5, 5.41) is 6.76. The largest absolute Gasteiger partial charge is 0.325 e. The number of anilines is 1. The predicted molar refractivity (Wildman–Crippen MR) is 57.2 cm³/mol. The molecule has 1 aromatic rings. The summed E-state index contributed by atoms with van der Waals surface area (Å²) in [6.45, 7) is 0. The second-order valence-corrected chi connectivity index (χ2v) is 4.34. The fourth-order valence-corrected chi connectivity index (χ4v) is 1.82. The fourth-order valence-electron chi connectivity index (χ4n) is 1.82. The summed E-state index contributed by atoms with van der Waals surface area (Å²) in [5.74, 6) is -0.0230. The SMILES string of the molecule is Cn1cc(NC(=O)CC2(N)CCC2)cn1. The van der Waals surface area contributed by atoms with Gasteiger partial charge < -0.3 is 11.1 Å². The molecule has 1 aliphatic carbocycles. The Bertz CT molecular complexity index is 367. The van der Waals surface area contributed by atoms with Crippen molar-refractivity contribution >= 4 is 11.6 Å². The van der Waals surface area contributed by atoms with Gasteiger partial charge in [-0.25, -0.2) is 0 Å². The molecule has 1 aliphatic rings. The van der Waals surface area contributed by atoms with Crippen LogP contribution in [0.3, 0.4) is 0 Å². The maximum Gasteiger partial charge on any atom is 0.226 e. The zero-order valence-corrected chi connectivity index (χ0v) is 8.86. The van der Waals surface area contributed by atoms with Crippen LogP contribution in [0.4, 0.5) is 5.69 Å². The van der Waals surface area contributed by atoms with Crippen LogP contribution in [0, 0.1) is 0 Å². The van der Waals surface area contributed by atoms with Gasteiger partial charge in [0.15, 0.2) is 0 Å². The lowest BCUT2D eigenvalue weighted by atomic mass is 9.75. The molecule has 1 saturated carbocycles. The third-order valence-electron chi connectivity index (χ3n) is 2.85. The van der Waals surface area contributed by atoms with Crippen molar-refractivity contribution in [1.82, 2.24) is 9.78 Å². The number of hydrogen-bond acceptors (Lipinski definition) is 3. The average molecular weight is 208 g/mol. The van der Waals surface area contributed by atoms with Gasteiger partial charge >= 0.3 is 0 Å². The van der Waals surface area contributed by atoms with E-state index in [1.165, 1.54) is 0 Å². The van der Waals surface area contributed by atoms with E-state index < -0.39 is 0 Å². The second-order valence-electron chi connectivity index (χ2n) is 4.34. The number of amides is 1. The standard InChI is InChI=1S/C10H16N4O/c1-14-7-8(6-12-14)13-9(15)5-10(11)3-2-4-10/h6-7H,2-5,11H2,1H3,(H,13,15). The van der Waals surface area contributed by atoms with Crippen molar-refractivity contribution in [3.05, 3.63) is 12.4 Å². The first kappa shape index (κ1) is 10.2. The van der Waals surface area contributed by atoms with Gasteiger partial charge in [-0.15, -0.1) is 0 Å². The summed E-state index contributed by atoms with van der Waals surface area (Å²) in [5.41, 5.74) is 6.45. The van der Waals surface area contributed by atoms with Crippen LogP contribution >= 0.6 is 0 Å². The van der Waals surface area contributed by atoms with Gasteiger partial charge in [0.1, 0.15) is 0 Å². The molecule has 0 bridgehead atoms. The highest BCUT2D eigenvalue weighted by Gasteiger charge is 2.34. The Morgan fingerprint density at radius 1 is 1.73 bits per heavy atom. The smallest absolute Gasteiger partial charge is 0.226 e. The number of aryl methyl sites for hydroxylation is 1. The van der Waals surface area contributed by atoms with Crippen LogP contribution in [-0.2, 0) is 11.8 Å². The normalized spacial score (nSPS) is 18.3. The van der Waals surface area contributed by atoms with Crippen molar-refractivity contribution in [3.63, 3.8) is 0 Å². The number of rotatable bonds is 3. The van der Waals surface area contributed by atoms with Crippen LogP contribution in [0.15, 0.2) is 12.4 Å². The van der Waals surface area contributed by atoms with Crippen LogP contribution in [0.25, 0.3) is 0 Å². The predicted octanol–water partition coefficient (Wildman–Crippen LogP) is 0.630. The third-order valence-corrected chi connectivity index (χ3v) is 2.85. The minimum absolute atomic E-state index is 0.0230. The quantitative estimate of drug-likeness (QED) is 0.765. The van der Waals surface area contributed by atoms with Crippen molar-refractivity contribution < 1.29 is 4.79 Å². The van der Waals surface area contributed by atoms with Gasteiger partial charge in [-0.3, -0.25) is 9.48 Å². The molecule has 1 aromatic heterocycles. The van der Waals surface area contributed by atoms with Crippen LogP contribution < -0.4 is 11.1 Å². The molecular formula is C10H16N4O. The highest BCUT2D eigenvalue weighted by molar-refractivity contribution is 5.91. The summed E-state index contributed by atoms with van der Waals surface area (Å²) in [4.78, 5) is 11.6. The number of nitrogens with one attached hydrogen (secondary N) is 1. The molecule has 1 amide bonds. The fraction of sp³-hybridized carbons (Fsp3) is 0.600. The van der Waals surface area contributed by atoms with Crippen molar-refractivity contribution in [2.45, 2.75) is 31.2 Å². The highest BCUT2D eigenvalue weighted by Crippen LogP contribution is 2.32. The molecule has 5 heteroatoms. The minimum atomic E-state index is -0.258. The van der Waals surface area contributed by atoms with E-state index in [9.17, 15) is 4.79 Å². The Hall–Kier alpha value is -1.36. The van der Waals surface area contributed by atoms with Crippen LogP contribution in [-0.4, -0.2) is 21.2 Å². The molecule has 0 atom stereocenters. The van der Waals surface area contributed by atoms with Gasteiger partial charge in [-0.2, -0.15) is 5.10 Å². The minimum Gasteiger partial charge on any atom is -0.325 e. The molecule has 1 fully saturated rings. The Balaban J connectivity index is 1.87. The molecule has 15 heavy (non-hydrogen) atoms. The van der Waals surface area contributed by atoms with Gasteiger partial charge in [0, 0.05) is 25.2 Å². The molecule has 0 saturated heterocycles. The molecule has 3 N–H and O–H groups in total. The maximum absolute atomic E-state index is 11.6. The Labute approximate surface area is 88.6 Å². The van der Waals surface area contributed by atoms with E-state index in [0.29, 0.717) is 6.42 Å². The monoisotopic (exact) mass is 208 g/mol. The maximum atomic E-state index is 11.6. The first-order chi connectivity index (χ1) is 7.07. The number of carbonyl (C=O) groups is 1. The summed E-state index contributed by atoms with van der Waals surface area (Å²) >= 11 is 0. The van der Waals surface area contributed by atoms with Crippen LogP contribution in [0.1, 0.15) is 25.7 Å². The van der Waals surface area contributed by atoms with E-state index >= 15 is 0 Å². The number of nitrogens with zero attached hydrogens (tertiary/aromatic N) is 2. The lowest BCUT2D eigenvalue weighted by molar-refractivity contribution is -0.118. The number of nitrogens with two attached hydrogens (primary N) is 1. The molecule has 0 radical (unpaired) electrons. The molecule has 2 rings (SSSR count). The molecule has 0 spiro atoms. The van der Waals surface area contributed by atoms with Gasteiger partial charge in [-0.1, -0.05) is 0 Å². The summed E-state index contributed by atoms with van der Waals surface area (Å²) < 4.78 is 1.65. The Kier molecular flexibility index (Phi) is 2.48. The van der Waals surface area contributed by atoms with E-state index in [0.717, 1.165) is 24.9 Å². The zero-order chi connectivity index (χ0) is 10.9. The summed E-state index contributed by atoms with van der Waals surface area (Å²) in [7, 11) is 1.81. The summed E-state index contributed by atoms with van der Waals surface area (Å²) in [6, 6.07) is 0. The lowest BCUT2D eigenvalue weighted by Gasteiger charge is -2.37. The van der Waals surface area contributed by atoms with E-state index in [-0.39, 0.29) is 11.4 Å². The van der Waals surface area contributed by atoms with E-state index in [4.69, 9.17) is 5.73 Å². The lowest BCUT2D eigenvalue weighted by Crippen LogP contribution is -2.48. The van der Waals surface area contributed by atoms with Crippen molar-refractivity contribution in [2.24, 2.45) is 12.8 Å². The Morgan fingerprint density at radius 3 is 2.93 bits per heavy atom. The van der Waals surface area contributed by atoms with Gasteiger partial charge in [0.2, 0.25) is 5.91 Å². The zero-order valence-electron chi connectivity index (χ0n) is 8.86. The van der Waals surface area contributed by atoms with Gasteiger partial charge in [-0.05, 0) is 19.3 Å². The van der Waals surface area contributed by atoms with Crippen molar-refractivity contribution in [3.8, 4) is 0 Å². The third kappa shape index (κ3) is 2.36. The van der Waals surface area contributed by atoms with Crippen molar-refractivity contribution in [1.29, 1.82) is 0 Å². The molecule has 0 unspecified atom stereocenters. The summed E-state index contributed by atoms with van der Waals surface area (Å²) in [6.07, 6.45) is 6.84. The molecule has 0 aromatic carbocycles. The first-order valence-electron chi connectivity index (χ1n) is 5.15. The number of aromatic nitrogens is 2. The van der Waals surface area contributed by atoms with Crippen LogP contribution in [0.2, 0.25) is 0 Å². The van der Waals surface area contributed by atoms with Crippen LogP contribution in [0.5, 0.6) is 0 Å². The number of carbonyl (C=O) groups excluding carboxylic acids is 1. The highest BCUT2D eigenvalue weighted by atomic mass is 16.1. The topological polar surface area (TPSA) is 72.9 Å². The Morgan fingerprint density at radius 2 is 2.47 bits per heavy atom. The van der Waals surface area contributed by atoms with E-state index in [2.05, 4.69) is 10.4 Å². The molecule has 1 heterocycles.